The Balaban J connectivity index is 2.80. The zero-order valence-electron chi connectivity index (χ0n) is 11.1. The first-order chi connectivity index (χ1) is 7.88. The molecule has 0 aliphatic heterocycles. The van der Waals surface area contributed by atoms with Gasteiger partial charge in [0.15, 0.2) is 0 Å². The zero-order chi connectivity index (χ0) is 13.2. The van der Waals surface area contributed by atoms with Crippen LogP contribution in [0.25, 0.3) is 0 Å². The molecule has 1 N–H and O–H groups in total. The molecule has 1 saturated carbocycles. The number of hydrogen-bond donors (Lipinski definition) is 1. The van der Waals surface area contributed by atoms with Crippen LogP contribution in [0.5, 0.6) is 0 Å². The molecule has 0 radical (unpaired) electrons. The van der Waals surface area contributed by atoms with Crippen LogP contribution in [-0.4, -0.2) is 35.0 Å². The van der Waals surface area contributed by atoms with E-state index in [0.29, 0.717) is 12.3 Å². The van der Waals surface area contributed by atoms with Gasteiger partial charge in [0.25, 0.3) is 0 Å². The molecule has 0 aromatic carbocycles. The normalized spacial score (nSPS) is 28.4. The van der Waals surface area contributed by atoms with E-state index in [1.54, 1.807) is 11.9 Å². The summed E-state index contributed by atoms with van der Waals surface area (Å²) in [7, 11) is 1.76. The first kappa shape index (κ1) is 14.0. The SMILES string of the molecule is CCC1C[C@H](C(=O)N(C)C(C)C)[C@H](C(=O)O)C1. The van der Waals surface area contributed by atoms with Crippen LogP contribution in [0.1, 0.15) is 40.0 Å². The van der Waals surface area contributed by atoms with E-state index < -0.39 is 11.9 Å². The second-order valence-electron chi connectivity index (χ2n) is 5.34. The maximum Gasteiger partial charge on any atom is 0.307 e. The van der Waals surface area contributed by atoms with Crippen molar-refractivity contribution in [3.63, 3.8) is 0 Å². The molecule has 1 unspecified atom stereocenters. The van der Waals surface area contributed by atoms with Gasteiger partial charge in [-0.15, -0.1) is 0 Å². The summed E-state index contributed by atoms with van der Waals surface area (Å²) in [5.41, 5.74) is 0. The predicted molar refractivity (Wildman–Crippen MR) is 65.5 cm³/mol. The van der Waals surface area contributed by atoms with Crippen molar-refractivity contribution in [2.75, 3.05) is 7.05 Å². The minimum atomic E-state index is -0.823. The minimum Gasteiger partial charge on any atom is -0.481 e. The van der Waals surface area contributed by atoms with Crippen molar-refractivity contribution in [1.29, 1.82) is 0 Å². The Bertz CT molecular complexity index is 301. The molecule has 0 aromatic heterocycles. The monoisotopic (exact) mass is 241 g/mol. The molecule has 98 valence electrons. The summed E-state index contributed by atoms with van der Waals surface area (Å²) < 4.78 is 0. The first-order valence-electron chi connectivity index (χ1n) is 6.37. The lowest BCUT2D eigenvalue weighted by Gasteiger charge is -2.26. The Morgan fingerprint density at radius 2 is 1.82 bits per heavy atom. The van der Waals surface area contributed by atoms with Gasteiger partial charge in [-0.1, -0.05) is 13.3 Å². The molecule has 1 amide bonds. The van der Waals surface area contributed by atoms with Crippen molar-refractivity contribution >= 4 is 11.9 Å². The molecule has 0 heterocycles. The highest BCUT2D eigenvalue weighted by Crippen LogP contribution is 2.39. The average molecular weight is 241 g/mol. The van der Waals surface area contributed by atoms with Crippen LogP contribution in [-0.2, 0) is 9.59 Å². The summed E-state index contributed by atoms with van der Waals surface area (Å²) in [4.78, 5) is 25.1. The van der Waals surface area contributed by atoms with Gasteiger partial charge in [0.2, 0.25) is 5.91 Å². The van der Waals surface area contributed by atoms with E-state index in [2.05, 4.69) is 6.92 Å². The van der Waals surface area contributed by atoms with Crippen molar-refractivity contribution in [2.24, 2.45) is 17.8 Å². The molecule has 0 spiro atoms. The molecule has 17 heavy (non-hydrogen) atoms. The zero-order valence-corrected chi connectivity index (χ0v) is 11.1. The molecule has 0 aromatic rings. The van der Waals surface area contributed by atoms with E-state index >= 15 is 0 Å². The summed E-state index contributed by atoms with van der Waals surface area (Å²) in [6.45, 7) is 5.95. The lowest BCUT2D eigenvalue weighted by Crippen LogP contribution is -2.40. The predicted octanol–water partition coefficient (Wildman–Crippen LogP) is 1.99. The van der Waals surface area contributed by atoms with Gasteiger partial charge in [-0.25, -0.2) is 0 Å². The summed E-state index contributed by atoms with van der Waals surface area (Å²) in [5, 5.41) is 9.20. The van der Waals surface area contributed by atoms with Crippen LogP contribution in [0.15, 0.2) is 0 Å². The highest BCUT2D eigenvalue weighted by Gasteiger charge is 2.43. The number of amides is 1. The first-order valence-corrected chi connectivity index (χ1v) is 6.37. The number of nitrogens with zero attached hydrogens (tertiary/aromatic N) is 1. The average Bonchev–Trinajstić information content (AvgIpc) is 2.70. The summed E-state index contributed by atoms with van der Waals surface area (Å²) in [6.07, 6.45) is 2.33. The van der Waals surface area contributed by atoms with Crippen LogP contribution < -0.4 is 0 Å². The van der Waals surface area contributed by atoms with Crippen molar-refractivity contribution in [2.45, 2.75) is 46.1 Å². The third-order valence-electron chi connectivity index (χ3n) is 3.99. The Labute approximate surface area is 103 Å². The molecule has 1 rings (SSSR count). The Morgan fingerprint density at radius 3 is 2.24 bits per heavy atom. The fraction of sp³-hybridized carbons (Fsp3) is 0.846. The molecule has 1 fully saturated rings. The smallest absolute Gasteiger partial charge is 0.307 e. The maximum absolute atomic E-state index is 12.2. The Kier molecular flexibility index (Phi) is 4.54. The summed E-state index contributed by atoms with van der Waals surface area (Å²) in [6, 6.07) is 0.123. The minimum absolute atomic E-state index is 0.0108. The molecular formula is C13H23NO3. The van der Waals surface area contributed by atoms with Crippen molar-refractivity contribution in [3.05, 3.63) is 0 Å². The van der Waals surface area contributed by atoms with Crippen LogP contribution in [0.3, 0.4) is 0 Å². The van der Waals surface area contributed by atoms with E-state index in [4.69, 9.17) is 0 Å². The second-order valence-corrected chi connectivity index (χ2v) is 5.34. The van der Waals surface area contributed by atoms with Gasteiger partial charge in [-0.05, 0) is 32.6 Å². The van der Waals surface area contributed by atoms with Gasteiger partial charge in [0.1, 0.15) is 0 Å². The standard InChI is InChI=1S/C13H23NO3/c1-5-9-6-10(11(7-9)13(16)17)12(15)14(4)8(2)3/h8-11H,5-7H2,1-4H3,(H,16,17)/t9?,10-,11+/m0/s1. The molecule has 4 heteroatoms. The molecular weight excluding hydrogens is 218 g/mol. The molecule has 4 nitrogen and oxygen atoms in total. The highest BCUT2D eigenvalue weighted by molar-refractivity contribution is 5.85. The van der Waals surface area contributed by atoms with Crippen LogP contribution in [0.2, 0.25) is 0 Å². The summed E-state index contributed by atoms with van der Waals surface area (Å²) >= 11 is 0. The molecule has 3 atom stereocenters. The van der Waals surface area contributed by atoms with Crippen molar-refractivity contribution in [3.8, 4) is 0 Å². The van der Waals surface area contributed by atoms with Gasteiger partial charge in [-0.2, -0.15) is 0 Å². The van der Waals surface area contributed by atoms with Gasteiger partial charge in [0.05, 0.1) is 11.8 Å². The van der Waals surface area contributed by atoms with E-state index in [1.165, 1.54) is 0 Å². The third-order valence-corrected chi connectivity index (χ3v) is 3.99. The van der Waals surface area contributed by atoms with Crippen LogP contribution in [0, 0.1) is 17.8 Å². The Morgan fingerprint density at radius 1 is 1.29 bits per heavy atom. The van der Waals surface area contributed by atoms with Gasteiger partial charge < -0.3 is 10.0 Å². The highest BCUT2D eigenvalue weighted by atomic mass is 16.4. The molecule has 1 aliphatic rings. The lowest BCUT2D eigenvalue weighted by molar-refractivity contribution is -0.149. The van der Waals surface area contributed by atoms with Gasteiger partial charge >= 0.3 is 5.97 Å². The van der Waals surface area contributed by atoms with E-state index in [-0.39, 0.29) is 17.9 Å². The van der Waals surface area contributed by atoms with Crippen LogP contribution >= 0.6 is 0 Å². The van der Waals surface area contributed by atoms with Gasteiger partial charge in [-0.3, -0.25) is 9.59 Å². The fourth-order valence-electron chi connectivity index (χ4n) is 2.54. The Hall–Kier alpha value is -1.06. The van der Waals surface area contributed by atoms with Crippen LogP contribution in [0.4, 0.5) is 0 Å². The quantitative estimate of drug-likeness (QED) is 0.819. The van der Waals surface area contributed by atoms with E-state index in [0.717, 1.165) is 12.8 Å². The number of aliphatic carboxylic acids is 1. The number of carboxylic acid groups (broad SMARTS) is 1. The topological polar surface area (TPSA) is 57.6 Å². The maximum atomic E-state index is 12.2. The number of carboxylic acids is 1. The number of rotatable bonds is 4. The summed E-state index contributed by atoms with van der Waals surface area (Å²) in [5.74, 6) is -1.27. The van der Waals surface area contributed by atoms with Crippen molar-refractivity contribution in [1.82, 2.24) is 4.90 Å². The molecule has 0 saturated heterocycles. The second kappa shape index (κ2) is 5.52. The number of carbonyl (C=O) groups is 2. The van der Waals surface area contributed by atoms with E-state index in [1.807, 2.05) is 13.8 Å². The van der Waals surface area contributed by atoms with Crippen molar-refractivity contribution < 1.29 is 14.7 Å². The molecule has 0 bridgehead atoms. The largest absolute Gasteiger partial charge is 0.481 e. The van der Waals surface area contributed by atoms with Gasteiger partial charge in [0, 0.05) is 13.1 Å². The number of hydrogen-bond acceptors (Lipinski definition) is 2. The lowest BCUT2D eigenvalue weighted by atomic mass is 9.94. The van der Waals surface area contributed by atoms with E-state index in [9.17, 15) is 14.7 Å². The number of carbonyl (C=O) groups excluding carboxylic acids is 1. The fourth-order valence-corrected chi connectivity index (χ4v) is 2.54. The molecule has 1 aliphatic carbocycles. The third kappa shape index (κ3) is 2.99.